The second kappa shape index (κ2) is 11.2. The van der Waals surface area contributed by atoms with Crippen LogP contribution in [0, 0.1) is 12.8 Å². The van der Waals surface area contributed by atoms with Gasteiger partial charge in [0.15, 0.2) is 0 Å². The Balaban J connectivity index is 1.38. The highest BCUT2D eigenvalue weighted by molar-refractivity contribution is 5.79. The van der Waals surface area contributed by atoms with Crippen LogP contribution in [0.15, 0.2) is 18.2 Å². The molecule has 2 heterocycles. The number of alkyl halides is 3. The van der Waals surface area contributed by atoms with Gasteiger partial charge < -0.3 is 25.6 Å². The molecule has 0 unspecified atom stereocenters. The first-order valence-electron chi connectivity index (χ1n) is 12.3. The first-order chi connectivity index (χ1) is 17.2. The number of nitrogens with one attached hydrogen (secondary N) is 3. The van der Waals surface area contributed by atoms with Crippen LogP contribution >= 0.6 is 0 Å². The number of rotatable bonds is 8. The highest BCUT2D eigenvalue weighted by Crippen LogP contribution is 2.32. The first kappa shape index (κ1) is 25.8. The Bertz CT molecular complexity index is 1060. The molecule has 1 aromatic heterocycles. The van der Waals surface area contributed by atoms with Gasteiger partial charge in [0.2, 0.25) is 17.8 Å². The Morgan fingerprint density at radius 1 is 1.11 bits per heavy atom. The number of hydrogen-bond donors (Lipinski definition) is 3. The van der Waals surface area contributed by atoms with Crippen LogP contribution in [0.25, 0.3) is 0 Å². The summed E-state index contributed by atoms with van der Waals surface area (Å²) >= 11 is 0. The van der Waals surface area contributed by atoms with Crippen molar-refractivity contribution >= 4 is 23.5 Å². The highest BCUT2D eigenvalue weighted by Gasteiger charge is 2.33. The molecule has 1 amide bonds. The molecule has 2 aromatic rings. The van der Waals surface area contributed by atoms with Crippen molar-refractivity contribution in [2.45, 2.75) is 64.4 Å². The first-order valence-corrected chi connectivity index (χ1v) is 12.3. The standard InChI is InChI=1S/C24H32F3N7O2/c1-15-30-22(28-2)33-23(31-15)32-18-7-5-6-16(12-18)21(35)29-14-17-8-9-19(34-10-3-4-11-34)13-20(17)36-24(25,26)27/h8-9,13,16,18H,3-7,10-12,14H2,1-2H3,(H,29,35)(H2,28,30,31,32,33)/t16-,18+/m1/s1. The summed E-state index contributed by atoms with van der Waals surface area (Å²) in [7, 11) is 1.73. The Kier molecular flexibility index (Phi) is 8.00. The lowest BCUT2D eigenvalue weighted by Crippen LogP contribution is -2.37. The normalized spacial score (nSPS) is 20.2. The zero-order chi connectivity index (χ0) is 25.7. The van der Waals surface area contributed by atoms with E-state index < -0.39 is 6.36 Å². The van der Waals surface area contributed by atoms with E-state index in [1.54, 1.807) is 26.1 Å². The van der Waals surface area contributed by atoms with Crippen molar-refractivity contribution in [2.24, 2.45) is 5.92 Å². The van der Waals surface area contributed by atoms with Crippen LogP contribution in [0.1, 0.15) is 49.9 Å². The number of ether oxygens (including phenoxy) is 1. The van der Waals surface area contributed by atoms with E-state index in [9.17, 15) is 18.0 Å². The van der Waals surface area contributed by atoms with Gasteiger partial charge in [-0.2, -0.15) is 15.0 Å². The van der Waals surface area contributed by atoms with E-state index in [0.29, 0.717) is 36.3 Å². The van der Waals surface area contributed by atoms with Crippen LogP contribution in [-0.4, -0.2) is 53.4 Å². The van der Waals surface area contributed by atoms with Crippen molar-refractivity contribution < 1.29 is 22.7 Å². The summed E-state index contributed by atoms with van der Waals surface area (Å²) in [5, 5.41) is 9.00. The summed E-state index contributed by atoms with van der Waals surface area (Å²) in [6, 6.07) is 4.80. The van der Waals surface area contributed by atoms with E-state index in [4.69, 9.17) is 0 Å². The third-order valence-corrected chi connectivity index (χ3v) is 6.55. The van der Waals surface area contributed by atoms with Crippen LogP contribution in [0.4, 0.5) is 30.8 Å². The minimum absolute atomic E-state index is 0.00451. The number of carbonyl (C=O) groups excluding carboxylic acids is 1. The summed E-state index contributed by atoms with van der Waals surface area (Å²) in [4.78, 5) is 27.8. The van der Waals surface area contributed by atoms with Gasteiger partial charge in [-0.25, -0.2) is 0 Å². The molecule has 1 aromatic carbocycles. The fraction of sp³-hybridized carbons (Fsp3) is 0.583. The predicted octanol–water partition coefficient (Wildman–Crippen LogP) is 4.01. The Labute approximate surface area is 208 Å². The third kappa shape index (κ3) is 6.88. The highest BCUT2D eigenvalue weighted by atomic mass is 19.4. The molecule has 2 atom stereocenters. The number of halogens is 3. The predicted molar refractivity (Wildman–Crippen MR) is 130 cm³/mol. The maximum absolute atomic E-state index is 13.1. The average Bonchev–Trinajstić information content (AvgIpc) is 3.37. The van der Waals surface area contributed by atoms with Crippen LogP contribution in [0.2, 0.25) is 0 Å². The number of amides is 1. The van der Waals surface area contributed by atoms with E-state index in [-0.39, 0.29) is 35.7 Å². The molecule has 1 aliphatic heterocycles. The van der Waals surface area contributed by atoms with Crippen LogP contribution in [-0.2, 0) is 11.3 Å². The molecule has 3 N–H and O–H groups in total. The summed E-state index contributed by atoms with van der Waals surface area (Å²) in [6.07, 6.45) is 0.191. The summed E-state index contributed by atoms with van der Waals surface area (Å²) in [5.74, 6) is 0.757. The van der Waals surface area contributed by atoms with E-state index in [1.807, 2.05) is 4.90 Å². The van der Waals surface area contributed by atoms with Crippen molar-refractivity contribution in [3.63, 3.8) is 0 Å². The zero-order valence-electron chi connectivity index (χ0n) is 20.5. The van der Waals surface area contributed by atoms with Gasteiger partial charge in [-0.05, 0) is 45.1 Å². The number of carbonyl (C=O) groups is 1. The molecule has 0 spiro atoms. The number of aryl methyl sites for hydroxylation is 1. The van der Waals surface area contributed by atoms with Gasteiger partial charge in [0, 0.05) is 56.0 Å². The second-order valence-corrected chi connectivity index (χ2v) is 9.24. The number of anilines is 3. The van der Waals surface area contributed by atoms with Gasteiger partial charge in [0.05, 0.1) is 0 Å². The topological polar surface area (TPSA) is 104 Å². The van der Waals surface area contributed by atoms with Crippen LogP contribution < -0.4 is 25.6 Å². The fourth-order valence-electron chi connectivity index (χ4n) is 4.81. The number of nitrogens with zero attached hydrogens (tertiary/aromatic N) is 4. The fourth-order valence-corrected chi connectivity index (χ4v) is 4.81. The molecule has 1 saturated heterocycles. The van der Waals surface area contributed by atoms with Gasteiger partial charge >= 0.3 is 6.36 Å². The molecule has 0 radical (unpaired) electrons. The SMILES string of the molecule is CNc1nc(C)nc(N[C@H]2CCC[C@@H](C(=O)NCc3ccc(N4CCCC4)cc3OC(F)(F)F)C2)n1. The van der Waals surface area contributed by atoms with Crippen molar-refractivity contribution in [3.8, 4) is 5.75 Å². The molecule has 0 bridgehead atoms. The number of hydrogen-bond acceptors (Lipinski definition) is 8. The average molecular weight is 508 g/mol. The van der Waals surface area contributed by atoms with Gasteiger partial charge in [-0.15, -0.1) is 13.2 Å². The van der Waals surface area contributed by atoms with Crippen molar-refractivity contribution in [1.82, 2.24) is 20.3 Å². The van der Waals surface area contributed by atoms with Gasteiger partial charge in [-0.1, -0.05) is 12.5 Å². The molecule has 2 aliphatic rings. The minimum Gasteiger partial charge on any atom is -0.405 e. The van der Waals surface area contributed by atoms with Gasteiger partial charge in [0.25, 0.3) is 0 Å². The quantitative estimate of drug-likeness (QED) is 0.493. The lowest BCUT2D eigenvalue weighted by molar-refractivity contribution is -0.274. The summed E-state index contributed by atoms with van der Waals surface area (Å²) < 4.78 is 43.5. The zero-order valence-corrected chi connectivity index (χ0v) is 20.5. The number of aromatic nitrogens is 3. The summed E-state index contributed by atoms with van der Waals surface area (Å²) in [6.45, 7) is 3.34. The maximum Gasteiger partial charge on any atom is 0.573 e. The summed E-state index contributed by atoms with van der Waals surface area (Å²) in [5.41, 5.74) is 0.979. The molecule has 9 nitrogen and oxygen atoms in total. The van der Waals surface area contributed by atoms with Crippen LogP contribution in [0.5, 0.6) is 5.75 Å². The van der Waals surface area contributed by atoms with Crippen molar-refractivity contribution in [2.75, 3.05) is 35.7 Å². The largest absolute Gasteiger partial charge is 0.573 e. The molecule has 4 rings (SSSR count). The van der Waals surface area contributed by atoms with Crippen molar-refractivity contribution in [1.29, 1.82) is 0 Å². The van der Waals surface area contributed by atoms with Crippen molar-refractivity contribution in [3.05, 3.63) is 29.6 Å². The molecule has 1 saturated carbocycles. The lowest BCUT2D eigenvalue weighted by Gasteiger charge is -2.29. The molecule has 36 heavy (non-hydrogen) atoms. The second-order valence-electron chi connectivity index (χ2n) is 9.24. The smallest absolute Gasteiger partial charge is 0.405 e. The van der Waals surface area contributed by atoms with E-state index in [1.165, 1.54) is 6.07 Å². The molecule has 1 aliphatic carbocycles. The lowest BCUT2D eigenvalue weighted by atomic mass is 9.85. The van der Waals surface area contributed by atoms with E-state index in [0.717, 1.165) is 38.8 Å². The molecular weight excluding hydrogens is 475 g/mol. The molecule has 196 valence electrons. The minimum atomic E-state index is -4.81. The Morgan fingerprint density at radius 2 is 1.86 bits per heavy atom. The van der Waals surface area contributed by atoms with Gasteiger partial charge in [0.1, 0.15) is 11.6 Å². The van der Waals surface area contributed by atoms with Gasteiger partial charge in [-0.3, -0.25) is 4.79 Å². The van der Waals surface area contributed by atoms with Crippen LogP contribution in [0.3, 0.4) is 0 Å². The number of benzene rings is 1. The van der Waals surface area contributed by atoms with E-state index >= 15 is 0 Å². The Hall–Kier alpha value is -3.31. The van der Waals surface area contributed by atoms with E-state index in [2.05, 4.69) is 35.6 Å². The molecule has 12 heteroatoms. The molecular formula is C24H32F3N7O2. The Morgan fingerprint density at radius 3 is 2.58 bits per heavy atom. The third-order valence-electron chi connectivity index (χ3n) is 6.55. The maximum atomic E-state index is 13.1. The molecule has 2 fully saturated rings. The monoisotopic (exact) mass is 507 g/mol.